The molecule has 8 heteroatoms. The van der Waals surface area contributed by atoms with Crippen LogP contribution in [-0.4, -0.2) is 35.3 Å². The van der Waals surface area contributed by atoms with Crippen LogP contribution in [0.15, 0.2) is 23.1 Å². The minimum absolute atomic E-state index is 0.0408. The van der Waals surface area contributed by atoms with Crippen LogP contribution < -0.4 is 10.6 Å². The van der Waals surface area contributed by atoms with Gasteiger partial charge in [0.05, 0.1) is 11.3 Å². The molecule has 1 aromatic carbocycles. The van der Waals surface area contributed by atoms with Crippen molar-refractivity contribution in [1.29, 1.82) is 0 Å². The van der Waals surface area contributed by atoms with E-state index in [4.69, 9.17) is 5.11 Å². The Morgan fingerprint density at radius 1 is 1.33 bits per heavy atom. The molecule has 0 aliphatic heterocycles. The topological polar surface area (TPSA) is 95.5 Å². The van der Waals surface area contributed by atoms with Gasteiger partial charge in [-0.3, -0.25) is 10.1 Å². The Morgan fingerprint density at radius 2 is 2.05 bits per heavy atom. The maximum Gasteiger partial charge on any atom is 0.335 e. The zero-order chi connectivity index (χ0) is 15.8. The summed E-state index contributed by atoms with van der Waals surface area (Å²) in [6.07, 6.45) is 0.740. The summed E-state index contributed by atoms with van der Waals surface area (Å²) in [7, 11) is 0. The second kappa shape index (κ2) is 8.25. The van der Waals surface area contributed by atoms with Crippen molar-refractivity contribution in [2.45, 2.75) is 18.2 Å². The molecule has 0 heterocycles. The second-order valence-electron chi connectivity index (χ2n) is 4.04. The highest BCUT2D eigenvalue weighted by Crippen LogP contribution is 2.22. The van der Waals surface area contributed by atoms with E-state index >= 15 is 0 Å². The maximum absolute atomic E-state index is 13.5. The molecule has 0 atom stereocenters. The van der Waals surface area contributed by atoms with Crippen LogP contribution in [0.5, 0.6) is 0 Å². The first kappa shape index (κ1) is 17.0. The van der Waals surface area contributed by atoms with E-state index in [1.54, 1.807) is 0 Å². The molecule has 6 nitrogen and oxygen atoms in total. The fourth-order valence-corrected chi connectivity index (χ4v) is 2.11. The molecule has 1 rings (SSSR count). The number of imide groups is 1. The molecule has 0 radical (unpaired) electrons. The highest BCUT2D eigenvalue weighted by atomic mass is 32.2. The lowest BCUT2D eigenvalue weighted by Crippen LogP contribution is -2.40. The van der Waals surface area contributed by atoms with Crippen LogP contribution >= 0.6 is 11.8 Å². The van der Waals surface area contributed by atoms with Gasteiger partial charge in [0.2, 0.25) is 5.91 Å². The summed E-state index contributed by atoms with van der Waals surface area (Å²) in [6, 6.07) is 2.70. The third kappa shape index (κ3) is 5.82. The third-order valence-electron chi connectivity index (χ3n) is 2.33. The van der Waals surface area contributed by atoms with Crippen LogP contribution in [0, 0.1) is 5.82 Å². The first-order valence-electron chi connectivity index (χ1n) is 6.17. The van der Waals surface area contributed by atoms with Gasteiger partial charge in [-0.05, 0) is 24.6 Å². The van der Waals surface area contributed by atoms with E-state index in [9.17, 15) is 18.8 Å². The number of amides is 3. The van der Waals surface area contributed by atoms with Crippen molar-refractivity contribution in [1.82, 2.24) is 10.6 Å². The lowest BCUT2D eigenvalue weighted by atomic mass is 10.2. The number of rotatable bonds is 6. The molecular formula is C13H15FN2O4S. The fourth-order valence-electron chi connectivity index (χ4n) is 1.34. The molecule has 0 spiro atoms. The van der Waals surface area contributed by atoms with Gasteiger partial charge in [0.15, 0.2) is 0 Å². The molecule has 0 saturated carbocycles. The summed E-state index contributed by atoms with van der Waals surface area (Å²) < 4.78 is 13.5. The summed E-state index contributed by atoms with van der Waals surface area (Å²) in [4.78, 5) is 33.5. The van der Waals surface area contributed by atoms with E-state index in [1.807, 2.05) is 6.92 Å². The van der Waals surface area contributed by atoms with Crippen LogP contribution in [-0.2, 0) is 4.79 Å². The Kier molecular flexibility index (Phi) is 6.67. The number of hydrogen-bond acceptors (Lipinski definition) is 4. The number of thioether (sulfide) groups is 1. The zero-order valence-electron chi connectivity index (χ0n) is 11.3. The van der Waals surface area contributed by atoms with Crippen molar-refractivity contribution >= 4 is 29.7 Å². The number of hydrogen-bond donors (Lipinski definition) is 3. The first-order valence-corrected chi connectivity index (χ1v) is 7.16. The van der Waals surface area contributed by atoms with Crippen molar-refractivity contribution in [3.8, 4) is 0 Å². The molecule has 1 aromatic rings. The van der Waals surface area contributed by atoms with Crippen LogP contribution in [0.4, 0.5) is 9.18 Å². The quantitative estimate of drug-likeness (QED) is 0.697. The molecule has 0 saturated heterocycles. The van der Waals surface area contributed by atoms with Crippen molar-refractivity contribution in [3.63, 3.8) is 0 Å². The molecule has 21 heavy (non-hydrogen) atoms. The smallest absolute Gasteiger partial charge is 0.335 e. The average molecular weight is 314 g/mol. The molecule has 3 N–H and O–H groups in total. The summed E-state index contributed by atoms with van der Waals surface area (Å²) >= 11 is 0.822. The largest absolute Gasteiger partial charge is 0.478 e. The molecule has 0 aliphatic carbocycles. The highest BCUT2D eigenvalue weighted by molar-refractivity contribution is 8.00. The Bertz CT molecular complexity index is 551. The van der Waals surface area contributed by atoms with Crippen LogP contribution in [0.25, 0.3) is 0 Å². The van der Waals surface area contributed by atoms with Gasteiger partial charge in [-0.1, -0.05) is 6.92 Å². The number of carboxylic acid groups (broad SMARTS) is 1. The van der Waals surface area contributed by atoms with Gasteiger partial charge >= 0.3 is 12.0 Å². The predicted molar refractivity (Wildman–Crippen MR) is 75.9 cm³/mol. The van der Waals surface area contributed by atoms with Crippen LogP contribution in [0.2, 0.25) is 0 Å². The van der Waals surface area contributed by atoms with Crippen molar-refractivity contribution in [2.24, 2.45) is 0 Å². The van der Waals surface area contributed by atoms with Gasteiger partial charge in [0.25, 0.3) is 0 Å². The number of carbonyl (C=O) groups is 3. The Labute approximate surface area is 125 Å². The van der Waals surface area contributed by atoms with E-state index in [0.717, 1.165) is 36.4 Å². The minimum Gasteiger partial charge on any atom is -0.478 e. The fraction of sp³-hybridized carbons (Fsp3) is 0.308. The van der Waals surface area contributed by atoms with Crippen molar-refractivity contribution in [3.05, 3.63) is 29.6 Å². The average Bonchev–Trinajstić information content (AvgIpc) is 2.43. The molecule has 0 aromatic heterocycles. The predicted octanol–water partition coefficient (Wildman–Crippen LogP) is 1.85. The second-order valence-corrected chi connectivity index (χ2v) is 5.06. The van der Waals surface area contributed by atoms with E-state index in [-0.39, 0.29) is 16.2 Å². The highest BCUT2D eigenvalue weighted by Gasteiger charge is 2.12. The summed E-state index contributed by atoms with van der Waals surface area (Å²) in [5.74, 6) is -2.58. The number of aromatic carboxylic acids is 1. The van der Waals surface area contributed by atoms with Gasteiger partial charge in [0.1, 0.15) is 5.82 Å². The molecule has 0 bridgehead atoms. The lowest BCUT2D eigenvalue weighted by Gasteiger charge is -2.06. The minimum atomic E-state index is -1.18. The van der Waals surface area contributed by atoms with Crippen molar-refractivity contribution < 1.29 is 23.9 Å². The van der Waals surface area contributed by atoms with Gasteiger partial charge < -0.3 is 10.4 Å². The summed E-state index contributed by atoms with van der Waals surface area (Å²) in [5.41, 5.74) is -0.0694. The standard InChI is InChI=1S/C13H15FN2O4S/c1-2-5-15-13(20)16-11(17)7-21-10-6-8(12(18)19)3-4-9(10)14/h3-4,6H,2,5,7H2,1H3,(H,18,19)(H2,15,16,17,20). The number of carboxylic acids is 1. The number of carbonyl (C=O) groups excluding carboxylic acids is 2. The third-order valence-corrected chi connectivity index (χ3v) is 3.36. The van der Waals surface area contributed by atoms with Gasteiger partial charge in [0, 0.05) is 11.4 Å². The first-order chi connectivity index (χ1) is 9.93. The van der Waals surface area contributed by atoms with E-state index in [2.05, 4.69) is 10.6 Å². The van der Waals surface area contributed by atoms with Crippen LogP contribution in [0.3, 0.4) is 0 Å². The van der Waals surface area contributed by atoms with Crippen LogP contribution in [0.1, 0.15) is 23.7 Å². The molecule has 0 aliphatic rings. The van der Waals surface area contributed by atoms with E-state index in [1.165, 1.54) is 0 Å². The Morgan fingerprint density at radius 3 is 2.67 bits per heavy atom. The molecule has 0 fully saturated rings. The monoisotopic (exact) mass is 314 g/mol. The number of benzene rings is 1. The van der Waals surface area contributed by atoms with Crippen molar-refractivity contribution in [2.75, 3.05) is 12.3 Å². The molecule has 0 unspecified atom stereocenters. The van der Waals surface area contributed by atoms with Gasteiger partial charge in [-0.25, -0.2) is 14.0 Å². The zero-order valence-corrected chi connectivity index (χ0v) is 12.1. The van der Waals surface area contributed by atoms with E-state index < -0.39 is 23.7 Å². The summed E-state index contributed by atoms with van der Waals surface area (Å²) in [6.45, 7) is 2.32. The van der Waals surface area contributed by atoms with Gasteiger partial charge in [-0.15, -0.1) is 11.8 Å². The molecule has 114 valence electrons. The number of halogens is 1. The maximum atomic E-state index is 13.5. The van der Waals surface area contributed by atoms with Gasteiger partial charge in [-0.2, -0.15) is 0 Å². The van der Waals surface area contributed by atoms with E-state index in [0.29, 0.717) is 6.54 Å². The molecule has 3 amide bonds. The summed E-state index contributed by atoms with van der Waals surface area (Å²) in [5, 5.41) is 13.4. The SMILES string of the molecule is CCCNC(=O)NC(=O)CSc1cc(C(=O)O)ccc1F. The Balaban J connectivity index is 2.55. The number of nitrogens with one attached hydrogen (secondary N) is 2. The lowest BCUT2D eigenvalue weighted by molar-refractivity contribution is -0.117. The number of urea groups is 1. The normalized spacial score (nSPS) is 10.0. The molecular weight excluding hydrogens is 299 g/mol. The Hall–Kier alpha value is -2.09.